The van der Waals surface area contributed by atoms with Gasteiger partial charge in [0.05, 0.1) is 9.89 Å². The molecule has 0 aliphatic heterocycles. The maximum atomic E-state index is 11.6. The van der Waals surface area contributed by atoms with Gasteiger partial charge in [-0.3, -0.25) is 4.79 Å². The van der Waals surface area contributed by atoms with Gasteiger partial charge in [0.15, 0.2) is 0 Å². The number of nitrogens with one attached hydrogen (secondary N) is 1. The van der Waals surface area contributed by atoms with Gasteiger partial charge < -0.3 is 10.4 Å². The highest BCUT2D eigenvalue weighted by Gasteiger charge is 2.24. The van der Waals surface area contributed by atoms with Crippen molar-refractivity contribution in [2.75, 3.05) is 6.54 Å². The van der Waals surface area contributed by atoms with Crippen LogP contribution in [0.3, 0.4) is 0 Å². The van der Waals surface area contributed by atoms with Crippen LogP contribution < -0.4 is 5.32 Å². The van der Waals surface area contributed by atoms with Gasteiger partial charge in [0, 0.05) is 23.4 Å². The molecule has 98 valence electrons. The molecule has 2 atom stereocenters. The molecule has 0 saturated heterocycles. The first-order chi connectivity index (χ1) is 8.65. The minimum Gasteiger partial charge on any atom is -0.393 e. The maximum absolute atomic E-state index is 11.6. The molecule has 2 rings (SSSR count). The molecular formula is C13H16BrNO2S. The van der Waals surface area contributed by atoms with Crippen LogP contribution in [-0.2, 0) is 4.79 Å². The van der Waals surface area contributed by atoms with E-state index < -0.39 is 0 Å². The Bertz CT molecular complexity index is 444. The predicted molar refractivity (Wildman–Crippen MR) is 77.4 cm³/mol. The molecule has 0 bridgehead atoms. The Kier molecular flexibility index (Phi) is 4.97. The first kappa shape index (κ1) is 13.8. The molecule has 2 unspecified atom stereocenters. The fraction of sp³-hybridized carbons (Fsp3) is 0.462. The van der Waals surface area contributed by atoms with Crippen LogP contribution in [0.4, 0.5) is 0 Å². The Morgan fingerprint density at radius 3 is 3.00 bits per heavy atom. The first-order valence-electron chi connectivity index (χ1n) is 6.04. The van der Waals surface area contributed by atoms with Crippen LogP contribution in [0.1, 0.15) is 24.1 Å². The van der Waals surface area contributed by atoms with Crippen LogP contribution in [0, 0.1) is 5.92 Å². The van der Waals surface area contributed by atoms with Crippen molar-refractivity contribution in [1.82, 2.24) is 5.32 Å². The first-order valence-corrected chi connectivity index (χ1v) is 7.65. The highest BCUT2D eigenvalue weighted by atomic mass is 79.9. The lowest BCUT2D eigenvalue weighted by Crippen LogP contribution is -2.31. The van der Waals surface area contributed by atoms with Crippen LogP contribution in [0.2, 0.25) is 0 Å². The van der Waals surface area contributed by atoms with Gasteiger partial charge >= 0.3 is 0 Å². The third kappa shape index (κ3) is 3.93. The van der Waals surface area contributed by atoms with Crippen molar-refractivity contribution in [2.45, 2.75) is 25.4 Å². The summed E-state index contributed by atoms with van der Waals surface area (Å²) >= 11 is 4.96. The van der Waals surface area contributed by atoms with E-state index in [0.717, 1.165) is 27.9 Å². The number of aliphatic hydroxyl groups excluding tert-OH is 1. The zero-order valence-electron chi connectivity index (χ0n) is 9.93. The molecule has 1 heterocycles. The Morgan fingerprint density at radius 2 is 2.39 bits per heavy atom. The maximum Gasteiger partial charge on any atom is 0.244 e. The van der Waals surface area contributed by atoms with E-state index in [2.05, 4.69) is 21.2 Å². The highest BCUT2D eigenvalue weighted by molar-refractivity contribution is 9.11. The summed E-state index contributed by atoms with van der Waals surface area (Å²) in [6.07, 6.45) is 6.02. The summed E-state index contributed by atoms with van der Waals surface area (Å²) in [4.78, 5) is 12.6. The van der Waals surface area contributed by atoms with Crippen molar-refractivity contribution in [3.8, 4) is 0 Å². The minimum atomic E-state index is -0.248. The lowest BCUT2D eigenvalue weighted by molar-refractivity contribution is -0.116. The fourth-order valence-corrected chi connectivity index (χ4v) is 3.45. The largest absolute Gasteiger partial charge is 0.393 e. The lowest BCUT2D eigenvalue weighted by atomic mass is 10.1. The van der Waals surface area contributed by atoms with Crippen LogP contribution >= 0.6 is 27.3 Å². The number of carbonyl (C=O) groups is 1. The second-order valence-corrected chi connectivity index (χ2v) is 6.97. The Hall–Kier alpha value is -0.650. The molecule has 3 nitrogen and oxygen atoms in total. The zero-order valence-corrected chi connectivity index (χ0v) is 12.3. The lowest BCUT2D eigenvalue weighted by Gasteiger charge is -2.13. The number of thiophene rings is 1. The molecule has 18 heavy (non-hydrogen) atoms. The van der Waals surface area contributed by atoms with E-state index in [4.69, 9.17) is 0 Å². The van der Waals surface area contributed by atoms with Crippen LogP contribution in [0.15, 0.2) is 22.0 Å². The molecule has 1 amide bonds. The molecule has 1 aromatic rings. The van der Waals surface area contributed by atoms with Crippen molar-refractivity contribution >= 4 is 39.2 Å². The molecule has 1 aliphatic rings. The summed E-state index contributed by atoms with van der Waals surface area (Å²) in [5, 5.41) is 12.5. The molecule has 0 radical (unpaired) electrons. The van der Waals surface area contributed by atoms with E-state index >= 15 is 0 Å². The molecular weight excluding hydrogens is 314 g/mol. The van der Waals surface area contributed by atoms with E-state index in [1.807, 2.05) is 12.1 Å². The summed E-state index contributed by atoms with van der Waals surface area (Å²) in [6.45, 7) is 0.568. The average molecular weight is 330 g/mol. The summed E-state index contributed by atoms with van der Waals surface area (Å²) in [7, 11) is 0. The zero-order chi connectivity index (χ0) is 13.0. The van der Waals surface area contributed by atoms with Crippen LogP contribution in [-0.4, -0.2) is 23.7 Å². The number of amides is 1. The van der Waals surface area contributed by atoms with Gasteiger partial charge in [-0.2, -0.15) is 0 Å². The number of rotatable bonds is 4. The molecule has 0 aromatic carbocycles. The van der Waals surface area contributed by atoms with Crippen molar-refractivity contribution < 1.29 is 9.90 Å². The van der Waals surface area contributed by atoms with E-state index in [1.165, 1.54) is 0 Å². The number of carbonyl (C=O) groups excluding carboxylic acids is 1. The van der Waals surface area contributed by atoms with Crippen molar-refractivity contribution in [1.29, 1.82) is 0 Å². The second-order valence-electron chi connectivity index (χ2n) is 4.48. The van der Waals surface area contributed by atoms with Gasteiger partial charge in [0.2, 0.25) is 5.91 Å². The molecule has 1 aromatic heterocycles. The number of hydrogen-bond acceptors (Lipinski definition) is 3. The number of aliphatic hydroxyl groups is 1. The smallest absolute Gasteiger partial charge is 0.244 e. The van der Waals surface area contributed by atoms with Gasteiger partial charge in [-0.25, -0.2) is 0 Å². The second kappa shape index (κ2) is 6.50. The molecule has 1 aliphatic carbocycles. The quantitative estimate of drug-likeness (QED) is 0.834. The standard InChI is InChI=1S/C13H16BrNO2S/c14-12-6-4-10(18-12)5-7-13(17)15-8-9-2-1-3-11(9)16/h4-7,9,11,16H,1-3,8H2,(H,15,17). The molecule has 1 saturated carbocycles. The van der Waals surface area contributed by atoms with Crippen molar-refractivity contribution in [3.05, 3.63) is 26.9 Å². The Labute approximate surface area is 119 Å². The van der Waals surface area contributed by atoms with E-state index in [-0.39, 0.29) is 17.9 Å². The minimum absolute atomic E-state index is 0.0985. The van der Waals surface area contributed by atoms with Gasteiger partial charge in [-0.15, -0.1) is 11.3 Å². The molecule has 5 heteroatoms. The van der Waals surface area contributed by atoms with Gasteiger partial charge in [0.1, 0.15) is 0 Å². The van der Waals surface area contributed by atoms with E-state index in [0.29, 0.717) is 6.54 Å². The van der Waals surface area contributed by atoms with Crippen molar-refractivity contribution in [2.24, 2.45) is 5.92 Å². The summed E-state index contributed by atoms with van der Waals surface area (Å²) in [5.74, 6) is 0.122. The van der Waals surface area contributed by atoms with Gasteiger partial charge in [-0.1, -0.05) is 6.42 Å². The number of halogens is 1. The Balaban J connectivity index is 1.76. The third-order valence-electron chi connectivity index (χ3n) is 3.15. The van der Waals surface area contributed by atoms with Crippen molar-refractivity contribution in [3.63, 3.8) is 0 Å². The monoisotopic (exact) mass is 329 g/mol. The predicted octanol–water partition coefficient (Wildman–Crippen LogP) is 2.80. The highest BCUT2D eigenvalue weighted by Crippen LogP contribution is 2.25. The molecule has 0 spiro atoms. The van der Waals surface area contributed by atoms with Crippen LogP contribution in [0.25, 0.3) is 6.08 Å². The third-order valence-corrected chi connectivity index (χ3v) is 4.74. The topological polar surface area (TPSA) is 49.3 Å². The molecule has 1 fully saturated rings. The van der Waals surface area contributed by atoms with E-state index in [9.17, 15) is 9.90 Å². The fourth-order valence-electron chi connectivity index (χ4n) is 2.12. The number of hydrogen-bond donors (Lipinski definition) is 2. The van der Waals surface area contributed by atoms with Crippen LogP contribution in [0.5, 0.6) is 0 Å². The normalized spacial score (nSPS) is 23.7. The van der Waals surface area contributed by atoms with Gasteiger partial charge in [-0.05, 0) is 47.0 Å². The average Bonchev–Trinajstić information content (AvgIpc) is 2.93. The molecule has 2 N–H and O–H groups in total. The summed E-state index contributed by atoms with van der Waals surface area (Å²) < 4.78 is 1.05. The SMILES string of the molecule is O=C(C=Cc1ccc(Br)s1)NCC1CCCC1O. The Morgan fingerprint density at radius 1 is 1.56 bits per heavy atom. The van der Waals surface area contributed by atoms with Gasteiger partial charge in [0.25, 0.3) is 0 Å². The summed E-state index contributed by atoms with van der Waals surface area (Å²) in [5.41, 5.74) is 0. The van der Waals surface area contributed by atoms with E-state index in [1.54, 1.807) is 23.5 Å². The summed E-state index contributed by atoms with van der Waals surface area (Å²) in [6, 6.07) is 3.91.